The number of benzene rings is 2. The number of aromatic nitrogens is 3. The highest BCUT2D eigenvalue weighted by molar-refractivity contribution is 6.04. The molecule has 0 radical (unpaired) electrons. The molecule has 0 saturated heterocycles. The second-order valence-corrected chi connectivity index (χ2v) is 6.93. The number of carbonyl (C=O) groups is 2. The summed E-state index contributed by atoms with van der Waals surface area (Å²) < 4.78 is 33.5. The first kappa shape index (κ1) is 21.8. The van der Waals surface area contributed by atoms with Crippen LogP contribution in [0.15, 0.2) is 72.9 Å². The third-order valence-electron chi connectivity index (χ3n) is 4.60. The molecule has 1 amide bonds. The summed E-state index contributed by atoms with van der Waals surface area (Å²) in [6, 6.07) is 16.2. The number of hydrogen-bond donors (Lipinski definition) is 1. The van der Waals surface area contributed by atoms with Crippen LogP contribution in [-0.2, 0) is 4.74 Å². The van der Waals surface area contributed by atoms with Gasteiger partial charge in [0.1, 0.15) is 11.6 Å². The highest BCUT2D eigenvalue weighted by Gasteiger charge is 2.19. The SMILES string of the molecule is CCOC(=O)c1cc(-c2cccc(NC(=O)c3cc(F)cc(F)c3)c2)n(-c2ccccn2)n1. The molecule has 166 valence electrons. The maximum atomic E-state index is 13.5. The molecule has 0 spiro atoms. The van der Waals surface area contributed by atoms with E-state index in [0.29, 0.717) is 28.8 Å². The summed E-state index contributed by atoms with van der Waals surface area (Å²) in [5, 5.41) is 6.96. The Hall–Kier alpha value is -4.40. The number of halogens is 2. The first-order valence-electron chi connectivity index (χ1n) is 10.0. The molecule has 0 unspecified atom stereocenters. The Morgan fingerprint density at radius 1 is 1.00 bits per heavy atom. The highest BCUT2D eigenvalue weighted by atomic mass is 19.1. The summed E-state index contributed by atoms with van der Waals surface area (Å²) in [5.74, 6) is -2.46. The van der Waals surface area contributed by atoms with Crippen molar-refractivity contribution in [3.05, 3.63) is 95.8 Å². The van der Waals surface area contributed by atoms with E-state index in [9.17, 15) is 18.4 Å². The molecule has 0 saturated carbocycles. The van der Waals surface area contributed by atoms with E-state index in [1.54, 1.807) is 61.7 Å². The molecule has 9 heteroatoms. The lowest BCUT2D eigenvalue weighted by atomic mass is 10.1. The third-order valence-corrected chi connectivity index (χ3v) is 4.60. The molecule has 0 aliphatic rings. The van der Waals surface area contributed by atoms with Crippen molar-refractivity contribution in [2.24, 2.45) is 0 Å². The Kier molecular flexibility index (Phi) is 6.21. The average molecular weight is 448 g/mol. The van der Waals surface area contributed by atoms with Crippen LogP contribution in [0.2, 0.25) is 0 Å². The number of rotatable bonds is 6. The zero-order valence-corrected chi connectivity index (χ0v) is 17.5. The van der Waals surface area contributed by atoms with Crippen LogP contribution in [0, 0.1) is 11.6 Å². The van der Waals surface area contributed by atoms with E-state index in [4.69, 9.17) is 4.74 Å². The molecule has 0 fully saturated rings. The quantitative estimate of drug-likeness (QED) is 0.434. The van der Waals surface area contributed by atoms with Crippen LogP contribution in [0.4, 0.5) is 14.5 Å². The van der Waals surface area contributed by atoms with Gasteiger partial charge in [-0.25, -0.2) is 23.2 Å². The molecule has 4 aromatic rings. The average Bonchev–Trinajstić information content (AvgIpc) is 3.25. The molecule has 4 rings (SSSR count). The molecule has 2 aromatic carbocycles. The molecule has 33 heavy (non-hydrogen) atoms. The molecular formula is C24H18F2N4O3. The minimum Gasteiger partial charge on any atom is -0.461 e. The van der Waals surface area contributed by atoms with Gasteiger partial charge in [0.05, 0.1) is 12.3 Å². The second kappa shape index (κ2) is 9.39. The summed E-state index contributed by atoms with van der Waals surface area (Å²) in [6.07, 6.45) is 1.60. The van der Waals surface area contributed by atoms with Gasteiger partial charge in [-0.3, -0.25) is 4.79 Å². The van der Waals surface area contributed by atoms with E-state index in [0.717, 1.165) is 12.1 Å². The van der Waals surface area contributed by atoms with Crippen LogP contribution in [0.1, 0.15) is 27.8 Å². The Balaban J connectivity index is 1.70. The minimum absolute atomic E-state index is 0.0992. The fraction of sp³-hybridized carbons (Fsp3) is 0.0833. The van der Waals surface area contributed by atoms with Gasteiger partial charge in [0, 0.05) is 29.1 Å². The highest BCUT2D eigenvalue weighted by Crippen LogP contribution is 2.26. The maximum Gasteiger partial charge on any atom is 0.358 e. The standard InChI is InChI=1S/C24H18F2N4O3/c1-2-33-24(32)20-14-21(30(29-20)22-8-3-4-9-27-22)15-6-5-7-19(12-15)28-23(31)16-10-17(25)13-18(26)11-16/h3-14H,2H2,1H3,(H,28,31). The van der Waals surface area contributed by atoms with Crippen LogP contribution in [-0.4, -0.2) is 33.2 Å². The molecule has 1 N–H and O–H groups in total. The number of pyridine rings is 1. The molecule has 0 atom stereocenters. The smallest absolute Gasteiger partial charge is 0.358 e. The van der Waals surface area contributed by atoms with E-state index in [1.165, 1.54) is 4.68 Å². The van der Waals surface area contributed by atoms with Crippen LogP contribution < -0.4 is 5.32 Å². The Labute approximate surface area is 187 Å². The lowest BCUT2D eigenvalue weighted by molar-refractivity contribution is 0.0518. The van der Waals surface area contributed by atoms with Crippen LogP contribution in [0.25, 0.3) is 17.1 Å². The van der Waals surface area contributed by atoms with E-state index in [2.05, 4.69) is 15.4 Å². The summed E-state index contributed by atoms with van der Waals surface area (Å²) in [5.41, 5.74) is 1.48. The largest absolute Gasteiger partial charge is 0.461 e. The lowest BCUT2D eigenvalue weighted by Gasteiger charge is -2.10. The third kappa shape index (κ3) is 4.93. The van der Waals surface area contributed by atoms with Gasteiger partial charge in [-0.2, -0.15) is 5.10 Å². The number of esters is 1. The number of hydrogen-bond acceptors (Lipinski definition) is 5. The number of nitrogens with one attached hydrogen (secondary N) is 1. The monoisotopic (exact) mass is 448 g/mol. The predicted molar refractivity (Wildman–Crippen MR) is 117 cm³/mol. The molecule has 0 bridgehead atoms. The van der Waals surface area contributed by atoms with Crippen LogP contribution >= 0.6 is 0 Å². The van der Waals surface area contributed by atoms with Crippen molar-refractivity contribution in [3.8, 4) is 17.1 Å². The number of anilines is 1. The predicted octanol–water partition coefficient (Wildman–Crippen LogP) is 4.64. The number of ether oxygens (including phenoxy) is 1. The van der Waals surface area contributed by atoms with Gasteiger partial charge in [0.2, 0.25) is 0 Å². The van der Waals surface area contributed by atoms with Crippen molar-refractivity contribution < 1.29 is 23.1 Å². The molecule has 0 aliphatic carbocycles. The van der Waals surface area contributed by atoms with E-state index in [1.807, 2.05) is 0 Å². The zero-order valence-electron chi connectivity index (χ0n) is 17.5. The number of nitrogens with zero attached hydrogens (tertiary/aromatic N) is 3. The van der Waals surface area contributed by atoms with Gasteiger partial charge in [-0.05, 0) is 49.4 Å². The Bertz CT molecular complexity index is 1300. The number of carbonyl (C=O) groups excluding carboxylic acids is 2. The molecular weight excluding hydrogens is 430 g/mol. The van der Waals surface area contributed by atoms with Gasteiger partial charge < -0.3 is 10.1 Å². The summed E-state index contributed by atoms with van der Waals surface area (Å²) >= 11 is 0. The van der Waals surface area contributed by atoms with Crippen LogP contribution in [0.3, 0.4) is 0 Å². The van der Waals surface area contributed by atoms with Gasteiger partial charge in [0.25, 0.3) is 5.91 Å². The Morgan fingerprint density at radius 3 is 2.48 bits per heavy atom. The molecule has 7 nitrogen and oxygen atoms in total. The fourth-order valence-electron chi connectivity index (χ4n) is 3.19. The summed E-state index contributed by atoms with van der Waals surface area (Å²) in [7, 11) is 0. The number of amides is 1. The lowest BCUT2D eigenvalue weighted by Crippen LogP contribution is -2.12. The topological polar surface area (TPSA) is 86.1 Å². The maximum absolute atomic E-state index is 13.5. The van der Waals surface area contributed by atoms with Gasteiger partial charge in [-0.1, -0.05) is 18.2 Å². The summed E-state index contributed by atoms with van der Waals surface area (Å²) in [4.78, 5) is 29.0. The van der Waals surface area contributed by atoms with Crippen molar-refractivity contribution in [2.75, 3.05) is 11.9 Å². The zero-order chi connectivity index (χ0) is 23.4. The fourth-order valence-corrected chi connectivity index (χ4v) is 3.19. The summed E-state index contributed by atoms with van der Waals surface area (Å²) in [6.45, 7) is 1.90. The molecule has 2 heterocycles. The molecule has 0 aliphatic heterocycles. The van der Waals surface area contributed by atoms with Gasteiger partial charge in [-0.15, -0.1) is 0 Å². The van der Waals surface area contributed by atoms with E-state index >= 15 is 0 Å². The normalized spacial score (nSPS) is 10.6. The first-order chi connectivity index (χ1) is 15.9. The van der Waals surface area contributed by atoms with Crippen molar-refractivity contribution in [2.45, 2.75) is 6.92 Å². The molecule has 2 aromatic heterocycles. The first-order valence-corrected chi connectivity index (χ1v) is 10.0. The van der Waals surface area contributed by atoms with Crippen molar-refractivity contribution in [3.63, 3.8) is 0 Å². The van der Waals surface area contributed by atoms with Crippen LogP contribution in [0.5, 0.6) is 0 Å². The van der Waals surface area contributed by atoms with E-state index < -0.39 is 23.5 Å². The van der Waals surface area contributed by atoms with Gasteiger partial charge in [0.15, 0.2) is 11.5 Å². The van der Waals surface area contributed by atoms with Crippen molar-refractivity contribution in [1.29, 1.82) is 0 Å². The Morgan fingerprint density at radius 2 is 1.79 bits per heavy atom. The minimum atomic E-state index is -0.848. The van der Waals surface area contributed by atoms with Crippen molar-refractivity contribution >= 4 is 17.6 Å². The van der Waals surface area contributed by atoms with Crippen molar-refractivity contribution in [1.82, 2.24) is 14.8 Å². The van der Waals surface area contributed by atoms with Gasteiger partial charge >= 0.3 is 5.97 Å². The second-order valence-electron chi connectivity index (χ2n) is 6.93. The van der Waals surface area contributed by atoms with E-state index in [-0.39, 0.29) is 17.9 Å².